The van der Waals surface area contributed by atoms with Gasteiger partial charge in [-0.1, -0.05) is 6.92 Å². The highest BCUT2D eigenvalue weighted by atomic mass is 16.1. The van der Waals surface area contributed by atoms with Gasteiger partial charge in [0.2, 0.25) is 6.41 Å². The van der Waals surface area contributed by atoms with Crippen LogP contribution in [0.15, 0.2) is 6.20 Å². The molecule has 0 aliphatic rings. The molecule has 60 valence electrons. The summed E-state index contributed by atoms with van der Waals surface area (Å²) in [6.45, 7) is 2.00. The van der Waals surface area contributed by atoms with Crippen molar-refractivity contribution in [3.8, 4) is 0 Å². The van der Waals surface area contributed by atoms with E-state index in [1.807, 2.05) is 14.0 Å². The molecule has 0 aliphatic carbocycles. The number of carbonyl (C=O) groups excluding carboxylic acids is 1. The Kier molecular flexibility index (Phi) is 2.25. The molecule has 1 aromatic heterocycles. The van der Waals surface area contributed by atoms with Crippen molar-refractivity contribution in [2.45, 2.75) is 13.3 Å². The van der Waals surface area contributed by atoms with Crippen molar-refractivity contribution in [2.24, 2.45) is 7.05 Å². The standard InChI is InChI=1S/C7H11N3O/c1-3-6-7(8-5-11)4-10(2)9-6/h4-5H,3H2,1-2H3,(H,8,11). The highest BCUT2D eigenvalue weighted by Crippen LogP contribution is 2.11. The first-order valence-corrected chi connectivity index (χ1v) is 3.50. The number of nitrogens with zero attached hydrogens (tertiary/aromatic N) is 2. The molecule has 1 N–H and O–H groups in total. The molecule has 1 aromatic rings. The van der Waals surface area contributed by atoms with Crippen LogP contribution in [-0.4, -0.2) is 16.2 Å². The second-order valence-corrected chi connectivity index (χ2v) is 2.28. The Balaban J connectivity index is 2.91. The van der Waals surface area contributed by atoms with Gasteiger partial charge in [0.15, 0.2) is 0 Å². The van der Waals surface area contributed by atoms with Crippen molar-refractivity contribution in [1.82, 2.24) is 9.78 Å². The largest absolute Gasteiger partial charge is 0.326 e. The number of amides is 1. The third-order valence-corrected chi connectivity index (χ3v) is 1.45. The summed E-state index contributed by atoms with van der Waals surface area (Å²) in [5.41, 5.74) is 1.71. The SMILES string of the molecule is CCc1nn(C)cc1NC=O. The van der Waals surface area contributed by atoms with Crippen LogP contribution in [0.4, 0.5) is 5.69 Å². The van der Waals surface area contributed by atoms with Gasteiger partial charge < -0.3 is 5.32 Å². The number of carbonyl (C=O) groups is 1. The Morgan fingerprint density at radius 3 is 3.09 bits per heavy atom. The molecule has 0 atom stereocenters. The van der Waals surface area contributed by atoms with Gasteiger partial charge in [-0.05, 0) is 6.42 Å². The number of hydrogen-bond donors (Lipinski definition) is 1. The van der Waals surface area contributed by atoms with Crippen molar-refractivity contribution < 1.29 is 4.79 Å². The minimum absolute atomic E-state index is 0.663. The molecule has 0 aromatic carbocycles. The molecule has 4 heteroatoms. The van der Waals surface area contributed by atoms with Crippen LogP contribution in [0.25, 0.3) is 0 Å². The molecular weight excluding hydrogens is 142 g/mol. The number of aromatic nitrogens is 2. The first-order valence-electron chi connectivity index (χ1n) is 3.50. The zero-order valence-electron chi connectivity index (χ0n) is 6.66. The van der Waals surface area contributed by atoms with Crippen LogP contribution >= 0.6 is 0 Å². The van der Waals surface area contributed by atoms with E-state index in [1.165, 1.54) is 0 Å². The lowest BCUT2D eigenvalue weighted by atomic mass is 10.3. The molecule has 1 rings (SSSR count). The first kappa shape index (κ1) is 7.78. The maximum atomic E-state index is 10.1. The fraction of sp³-hybridized carbons (Fsp3) is 0.429. The zero-order chi connectivity index (χ0) is 8.27. The third kappa shape index (κ3) is 1.58. The summed E-state index contributed by atoms with van der Waals surface area (Å²) in [7, 11) is 1.83. The molecule has 0 spiro atoms. The van der Waals surface area contributed by atoms with E-state index < -0.39 is 0 Å². The van der Waals surface area contributed by atoms with Gasteiger partial charge in [-0.25, -0.2) is 0 Å². The van der Waals surface area contributed by atoms with Gasteiger partial charge in [0.25, 0.3) is 0 Å². The number of nitrogens with one attached hydrogen (secondary N) is 1. The number of rotatable bonds is 3. The van der Waals surface area contributed by atoms with Crippen molar-refractivity contribution in [1.29, 1.82) is 0 Å². The van der Waals surface area contributed by atoms with E-state index in [9.17, 15) is 4.79 Å². The van der Waals surface area contributed by atoms with Crippen molar-refractivity contribution >= 4 is 12.1 Å². The summed E-state index contributed by atoms with van der Waals surface area (Å²) >= 11 is 0. The molecule has 0 saturated heterocycles. The van der Waals surface area contributed by atoms with Crippen LogP contribution < -0.4 is 5.32 Å². The lowest BCUT2D eigenvalue weighted by Crippen LogP contribution is -1.95. The summed E-state index contributed by atoms with van der Waals surface area (Å²) in [5, 5.41) is 6.73. The van der Waals surface area contributed by atoms with Gasteiger partial charge in [0.1, 0.15) is 0 Å². The smallest absolute Gasteiger partial charge is 0.211 e. The fourth-order valence-electron chi connectivity index (χ4n) is 0.980. The van der Waals surface area contributed by atoms with E-state index in [2.05, 4.69) is 10.4 Å². The van der Waals surface area contributed by atoms with Gasteiger partial charge in [0, 0.05) is 13.2 Å². The summed E-state index contributed by atoms with van der Waals surface area (Å²) in [5.74, 6) is 0. The average Bonchev–Trinajstić information content (AvgIpc) is 2.32. The lowest BCUT2D eigenvalue weighted by molar-refractivity contribution is -0.105. The summed E-state index contributed by atoms with van der Waals surface area (Å²) in [6.07, 6.45) is 3.28. The Hall–Kier alpha value is -1.32. The Morgan fingerprint density at radius 2 is 2.55 bits per heavy atom. The average molecular weight is 153 g/mol. The molecule has 11 heavy (non-hydrogen) atoms. The molecular formula is C7H11N3O. The molecule has 1 heterocycles. The monoisotopic (exact) mass is 153 g/mol. The lowest BCUT2D eigenvalue weighted by Gasteiger charge is -1.93. The van der Waals surface area contributed by atoms with Crippen molar-refractivity contribution in [3.05, 3.63) is 11.9 Å². The van der Waals surface area contributed by atoms with Crippen LogP contribution in [0.5, 0.6) is 0 Å². The van der Waals surface area contributed by atoms with Gasteiger partial charge >= 0.3 is 0 Å². The van der Waals surface area contributed by atoms with E-state index in [0.717, 1.165) is 17.8 Å². The minimum atomic E-state index is 0.663. The second-order valence-electron chi connectivity index (χ2n) is 2.28. The number of aryl methyl sites for hydroxylation is 2. The van der Waals surface area contributed by atoms with Crippen LogP contribution in [0.3, 0.4) is 0 Å². The van der Waals surface area contributed by atoms with E-state index in [-0.39, 0.29) is 0 Å². The molecule has 0 unspecified atom stereocenters. The Labute approximate surface area is 65.2 Å². The van der Waals surface area contributed by atoms with Gasteiger partial charge in [-0.3, -0.25) is 9.48 Å². The molecule has 0 fully saturated rings. The highest BCUT2D eigenvalue weighted by Gasteiger charge is 2.02. The van der Waals surface area contributed by atoms with E-state index in [4.69, 9.17) is 0 Å². The summed E-state index contributed by atoms with van der Waals surface area (Å²) in [4.78, 5) is 10.1. The third-order valence-electron chi connectivity index (χ3n) is 1.45. The van der Waals surface area contributed by atoms with E-state index in [1.54, 1.807) is 10.9 Å². The molecule has 0 bridgehead atoms. The van der Waals surface area contributed by atoms with E-state index >= 15 is 0 Å². The molecule has 0 radical (unpaired) electrons. The summed E-state index contributed by atoms with van der Waals surface area (Å²) < 4.78 is 1.69. The molecule has 1 amide bonds. The van der Waals surface area contributed by atoms with Crippen molar-refractivity contribution in [2.75, 3.05) is 5.32 Å². The predicted octanol–water partition coefficient (Wildman–Crippen LogP) is 0.551. The quantitative estimate of drug-likeness (QED) is 0.644. The maximum absolute atomic E-state index is 10.1. The van der Waals surface area contributed by atoms with Gasteiger partial charge in [-0.15, -0.1) is 0 Å². The topological polar surface area (TPSA) is 46.9 Å². The Bertz CT molecular complexity index is 254. The highest BCUT2D eigenvalue weighted by molar-refractivity contribution is 5.72. The van der Waals surface area contributed by atoms with E-state index in [0.29, 0.717) is 6.41 Å². The van der Waals surface area contributed by atoms with Gasteiger partial charge in [0.05, 0.1) is 11.4 Å². The van der Waals surface area contributed by atoms with Crippen LogP contribution in [-0.2, 0) is 18.3 Å². The second kappa shape index (κ2) is 3.18. The molecule has 0 aliphatic heterocycles. The first-order chi connectivity index (χ1) is 5.27. The zero-order valence-corrected chi connectivity index (χ0v) is 6.66. The number of hydrogen-bond acceptors (Lipinski definition) is 2. The molecule has 0 saturated carbocycles. The minimum Gasteiger partial charge on any atom is -0.326 e. The maximum Gasteiger partial charge on any atom is 0.211 e. The predicted molar refractivity (Wildman–Crippen MR) is 42.3 cm³/mol. The van der Waals surface area contributed by atoms with Crippen LogP contribution in [0.1, 0.15) is 12.6 Å². The number of anilines is 1. The van der Waals surface area contributed by atoms with Crippen molar-refractivity contribution in [3.63, 3.8) is 0 Å². The van der Waals surface area contributed by atoms with Crippen LogP contribution in [0, 0.1) is 0 Å². The normalized spacial score (nSPS) is 9.64. The Morgan fingerprint density at radius 1 is 1.82 bits per heavy atom. The summed E-state index contributed by atoms with van der Waals surface area (Å²) in [6, 6.07) is 0. The fourth-order valence-corrected chi connectivity index (χ4v) is 0.980. The van der Waals surface area contributed by atoms with Crippen LogP contribution in [0.2, 0.25) is 0 Å². The van der Waals surface area contributed by atoms with Gasteiger partial charge in [-0.2, -0.15) is 5.10 Å². The molecule has 4 nitrogen and oxygen atoms in total.